The molecule has 3 aromatic rings. The lowest BCUT2D eigenvalue weighted by Crippen LogP contribution is -2.34. The molecule has 6 nitrogen and oxygen atoms in total. The third-order valence-electron chi connectivity index (χ3n) is 5.74. The highest BCUT2D eigenvalue weighted by molar-refractivity contribution is 7.18. The molecule has 1 fully saturated rings. The van der Waals surface area contributed by atoms with Gasteiger partial charge in [-0.2, -0.15) is 13.2 Å². The van der Waals surface area contributed by atoms with Crippen LogP contribution in [0.25, 0.3) is 10.2 Å². The summed E-state index contributed by atoms with van der Waals surface area (Å²) >= 11 is 1.43. The van der Waals surface area contributed by atoms with E-state index in [2.05, 4.69) is 15.2 Å². The molecule has 1 saturated heterocycles. The van der Waals surface area contributed by atoms with E-state index in [1.54, 1.807) is 0 Å². The normalized spacial score (nSPS) is 14.9. The zero-order valence-electron chi connectivity index (χ0n) is 17.8. The third-order valence-corrected chi connectivity index (χ3v) is 6.84. The van der Waals surface area contributed by atoms with Crippen LogP contribution in [-0.4, -0.2) is 33.4 Å². The zero-order chi connectivity index (χ0) is 23.0. The highest BCUT2D eigenvalue weighted by atomic mass is 32.1. The molecule has 1 aliphatic rings. The number of likely N-dealkylation sites (tertiary alicyclic amines) is 1. The van der Waals surface area contributed by atoms with Crippen LogP contribution in [0.2, 0.25) is 0 Å². The summed E-state index contributed by atoms with van der Waals surface area (Å²) in [6.45, 7) is 5.50. The van der Waals surface area contributed by atoms with Gasteiger partial charge in [-0.3, -0.25) is 19.1 Å². The van der Waals surface area contributed by atoms with Gasteiger partial charge in [0.1, 0.15) is 17.2 Å². The van der Waals surface area contributed by atoms with Crippen molar-refractivity contribution in [2.45, 2.75) is 46.0 Å². The van der Waals surface area contributed by atoms with Gasteiger partial charge < -0.3 is 5.32 Å². The molecule has 0 aliphatic carbocycles. The molecule has 0 radical (unpaired) electrons. The lowest BCUT2D eigenvalue weighted by atomic mass is 10.1. The second kappa shape index (κ2) is 8.67. The maximum absolute atomic E-state index is 13.3. The first-order valence-corrected chi connectivity index (χ1v) is 11.1. The van der Waals surface area contributed by atoms with Crippen molar-refractivity contribution in [1.82, 2.24) is 14.5 Å². The lowest BCUT2D eigenvalue weighted by Gasteiger charge is -2.19. The van der Waals surface area contributed by atoms with Gasteiger partial charge in [-0.15, -0.1) is 11.3 Å². The van der Waals surface area contributed by atoms with E-state index in [9.17, 15) is 22.8 Å². The fourth-order valence-electron chi connectivity index (χ4n) is 3.97. The number of nitrogens with zero attached hydrogens (tertiary/aromatic N) is 3. The molecule has 1 N–H and O–H groups in total. The zero-order valence-corrected chi connectivity index (χ0v) is 18.6. The molecule has 3 heterocycles. The summed E-state index contributed by atoms with van der Waals surface area (Å²) in [5.74, 6) is -0.262. The predicted octanol–water partition coefficient (Wildman–Crippen LogP) is 4.33. The predicted molar refractivity (Wildman–Crippen MR) is 118 cm³/mol. The van der Waals surface area contributed by atoms with Crippen LogP contribution < -0.4 is 10.9 Å². The number of carbonyl (C=O) groups is 1. The van der Waals surface area contributed by atoms with Crippen LogP contribution in [0.15, 0.2) is 29.1 Å². The van der Waals surface area contributed by atoms with Crippen molar-refractivity contribution in [3.63, 3.8) is 0 Å². The number of benzene rings is 1. The van der Waals surface area contributed by atoms with Crippen LogP contribution in [0.5, 0.6) is 0 Å². The molecule has 0 unspecified atom stereocenters. The highest BCUT2D eigenvalue weighted by Gasteiger charge is 2.33. The Bertz CT molecular complexity index is 1230. The van der Waals surface area contributed by atoms with Crippen LogP contribution in [0.1, 0.15) is 34.7 Å². The maximum atomic E-state index is 13.3. The number of anilines is 1. The number of fused-ring (bicyclic) bond motifs is 1. The van der Waals surface area contributed by atoms with Crippen molar-refractivity contribution in [3.05, 3.63) is 56.4 Å². The molecule has 0 saturated carbocycles. The van der Waals surface area contributed by atoms with Crippen LogP contribution >= 0.6 is 11.3 Å². The SMILES string of the molecule is Cc1sc2nc(CN3CCCC3)n(CC(=O)Nc3ccccc3C(F)(F)F)c(=O)c2c1C. The lowest BCUT2D eigenvalue weighted by molar-refractivity contribution is -0.137. The number of halogens is 3. The fraction of sp³-hybridized carbons (Fsp3) is 0.409. The second-order valence-electron chi connectivity index (χ2n) is 7.96. The summed E-state index contributed by atoms with van der Waals surface area (Å²) in [5, 5.41) is 2.78. The molecule has 2 aromatic heterocycles. The van der Waals surface area contributed by atoms with E-state index in [1.807, 2.05) is 13.8 Å². The fourth-order valence-corrected chi connectivity index (χ4v) is 5.01. The Morgan fingerprint density at radius 1 is 1.19 bits per heavy atom. The Balaban J connectivity index is 1.70. The van der Waals surface area contributed by atoms with Crippen LogP contribution in [0, 0.1) is 13.8 Å². The van der Waals surface area contributed by atoms with Crippen molar-refractivity contribution in [2.75, 3.05) is 18.4 Å². The quantitative estimate of drug-likeness (QED) is 0.611. The molecule has 170 valence electrons. The van der Waals surface area contributed by atoms with E-state index in [1.165, 1.54) is 34.1 Å². The average Bonchev–Trinajstić information content (AvgIpc) is 3.32. The summed E-state index contributed by atoms with van der Waals surface area (Å²) in [7, 11) is 0. The number of hydrogen-bond donors (Lipinski definition) is 1. The molecular formula is C22H23F3N4O2S. The van der Waals surface area contributed by atoms with Crippen molar-refractivity contribution >= 4 is 33.1 Å². The van der Waals surface area contributed by atoms with Crippen molar-refractivity contribution in [3.8, 4) is 0 Å². The molecule has 1 amide bonds. The highest BCUT2D eigenvalue weighted by Crippen LogP contribution is 2.34. The number of rotatable bonds is 5. The second-order valence-corrected chi connectivity index (χ2v) is 9.16. The molecule has 1 aliphatic heterocycles. The van der Waals surface area contributed by atoms with E-state index in [-0.39, 0.29) is 11.2 Å². The number of carbonyl (C=O) groups excluding carboxylic acids is 1. The van der Waals surface area contributed by atoms with Gasteiger partial charge in [0, 0.05) is 4.88 Å². The number of nitrogens with one attached hydrogen (secondary N) is 1. The molecule has 1 aromatic carbocycles. The van der Waals surface area contributed by atoms with Gasteiger partial charge in [0.05, 0.1) is 23.2 Å². The Kier molecular flexibility index (Phi) is 6.09. The first kappa shape index (κ1) is 22.5. The van der Waals surface area contributed by atoms with Gasteiger partial charge in [0.2, 0.25) is 5.91 Å². The van der Waals surface area contributed by atoms with Crippen molar-refractivity contribution in [1.29, 1.82) is 0 Å². The van der Waals surface area contributed by atoms with E-state index >= 15 is 0 Å². The average molecular weight is 465 g/mol. The minimum Gasteiger partial charge on any atom is -0.324 e. The number of alkyl halides is 3. The van der Waals surface area contributed by atoms with E-state index in [0.29, 0.717) is 22.6 Å². The first-order valence-electron chi connectivity index (χ1n) is 10.3. The number of hydrogen-bond acceptors (Lipinski definition) is 5. The standard InChI is InChI=1S/C22H23F3N4O2S/c1-13-14(2)32-20-19(13)21(31)29(17(27-20)11-28-9-5-6-10-28)12-18(30)26-16-8-4-3-7-15(16)22(23,24)25/h3-4,7-8H,5-6,9-12H2,1-2H3,(H,26,30). The minimum atomic E-state index is -4.60. The van der Waals surface area contributed by atoms with Crippen LogP contribution in [0.4, 0.5) is 18.9 Å². The smallest absolute Gasteiger partial charge is 0.324 e. The minimum absolute atomic E-state index is 0.337. The van der Waals surface area contributed by atoms with E-state index in [4.69, 9.17) is 0 Å². The molecule has 0 spiro atoms. The number of aryl methyl sites for hydroxylation is 2. The summed E-state index contributed by atoms with van der Waals surface area (Å²) in [6.07, 6.45) is -2.50. The van der Waals surface area contributed by atoms with Gasteiger partial charge in [-0.25, -0.2) is 4.98 Å². The maximum Gasteiger partial charge on any atom is 0.418 e. The number of para-hydroxylation sites is 1. The first-order chi connectivity index (χ1) is 15.1. The van der Waals surface area contributed by atoms with Crippen molar-refractivity contribution < 1.29 is 18.0 Å². The van der Waals surface area contributed by atoms with Crippen LogP contribution in [0.3, 0.4) is 0 Å². The third kappa shape index (κ3) is 4.42. The Hall–Kier alpha value is -2.72. The Labute approximate surface area is 186 Å². The number of aromatic nitrogens is 2. The number of thiophene rings is 1. The molecule has 32 heavy (non-hydrogen) atoms. The van der Waals surface area contributed by atoms with Gasteiger partial charge in [0.15, 0.2) is 0 Å². The van der Waals surface area contributed by atoms with Gasteiger partial charge >= 0.3 is 6.18 Å². The van der Waals surface area contributed by atoms with Gasteiger partial charge in [-0.1, -0.05) is 12.1 Å². The summed E-state index contributed by atoms with van der Waals surface area (Å²) in [6, 6.07) is 4.78. The molecule has 10 heteroatoms. The summed E-state index contributed by atoms with van der Waals surface area (Å²) in [5.41, 5.74) is -0.802. The summed E-state index contributed by atoms with van der Waals surface area (Å²) < 4.78 is 41.1. The molecule has 0 bridgehead atoms. The van der Waals surface area contributed by atoms with Crippen LogP contribution in [-0.2, 0) is 24.1 Å². The molecular weight excluding hydrogens is 441 g/mol. The number of amides is 1. The molecule has 0 atom stereocenters. The summed E-state index contributed by atoms with van der Waals surface area (Å²) in [4.78, 5) is 34.5. The topological polar surface area (TPSA) is 67.2 Å². The molecule has 4 rings (SSSR count). The largest absolute Gasteiger partial charge is 0.418 e. The van der Waals surface area contributed by atoms with Crippen molar-refractivity contribution in [2.24, 2.45) is 0 Å². The van der Waals surface area contributed by atoms with E-state index < -0.39 is 24.2 Å². The van der Waals surface area contributed by atoms with Gasteiger partial charge in [0.25, 0.3) is 5.56 Å². The Morgan fingerprint density at radius 3 is 2.56 bits per heavy atom. The van der Waals surface area contributed by atoms with Gasteiger partial charge in [-0.05, 0) is 57.5 Å². The monoisotopic (exact) mass is 464 g/mol. The van der Waals surface area contributed by atoms with E-state index in [0.717, 1.165) is 42.4 Å². The Morgan fingerprint density at radius 2 is 1.88 bits per heavy atom.